The Balaban J connectivity index is 1.47. The van der Waals surface area contributed by atoms with E-state index in [4.69, 9.17) is 0 Å². The molecular formula is C16H18FN5O2S2. The summed E-state index contributed by atoms with van der Waals surface area (Å²) in [6.07, 6.45) is 0. The normalized spacial score (nSPS) is 14.4. The Morgan fingerprint density at radius 2 is 1.96 bits per heavy atom. The van der Waals surface area contributed by atoms with Crippen LogP contribution in [0.2, 0.25) is 0 Å². The number of anilines is 2. The van der Waals surface area contributed by atoms with Crippen LogP contribution in [-0.2, 0) is 9.59 Å². The van der Waals surface area contributed by atoms with Gasteiger partial charge in [-0.2, -0.15) is 0 Å². The summed E-state index contributed by atoms with van der Waals surface area (Å²) in [7, 11) is 0. The van der Waals surface area contributed by atoms with Crippen LogP contribution in [0.25, 0.3) is 0 Å². The molecule has 138 valence electrons. The monoisotopic (exact) mass is 395 g/mol. The fourth-order valence-corrected chi connectivity index (χ4v) is 4.17. The zero-order valence-electron chi connectivity index (χ0n) is 14.1. The third-order valence-corrected chi connectivity index (χ3v) is 5.84. The molecule has 3 rings (SSSR count). The predicted octanol–water partition coefficient (Wildman–Crippen LogP) is 2.20. The molecule has 1 aromatic carbocycles. The molecule has 1 saturated heterocycles. The first-order valence-electron chi connectivity index (χ1n) is 8.03. The molecule has 0 atom stereocenters. The second kappa shape index (κ2) is 8.45. The summed E-state index contributed by atoms with van der Waals surface area (Å²) in [5, 5.41) is 11.6. The molecule has 1 aliphatic heterocycles. The lowest BCUT2D eigenvalue weighted by atomic mass is 10.3. The smallest absolute Gasteiger partial charge is 0.233 e. The summed E-state index contributed by atoms with van der Waals surface area (Å²) in [4.78, 5) is 27.1. The van der Waals surface area contributed by atoms with Crippen molar-refractivity contribution < 1.29 is 14.0 Å². The molecule has 26 heavy (non-hydrogen) atoms. The summed E-state index contributed by atoms with van der Waals surface area (Å²) in [6, 6.07) is 6.09. The molecule has 2 heterocycles. The van der Waals surface area contributed by atoms with E-state index in [2.05, 4.69) is 15.5 Å². The fourth-order valence-electron chi connectivity index (χ4n) is 2.49. The Morgan fingerprint density at radius 1 is 1.23 bits per heavy atom. The van der Waals surface area contributed by atoms with E-state index in [0.717, 1.165) is 0 Å². The number of hydrogen-bond donors (Lipinski definition) is 1. The number of piperazine rings is 1. The van der Waals surface area contributed by atoms with Crippen LogP contribution in [0.3, 0.4) is 0 Å². The van der Waals surface area contributed by atoms with Crippen molar-refractivity contribution >= 4 is 45.7 Å². The van der Waals surface area contributed by atoms with Gasteiger partial charge in [-0.1, -0.05) is 29.2 Å². The molecule has 1 aromatic heterocycles. The number of nitrogens with zero attached hydrogens (tertiary/aromatic N) is 4. The van der Waals surface area contributed by atoms with E-state index in [-0.39, 0.29) is 23.4 Å². The number of nitrogens with one attached hydrogen (secondary N) is 1. The summed E-state index contributed by atoms with van der Waals surface area (Å²) >= 11 is 2.63. The minimum atomic E-state index is -0.329. The highest BCUT2D eigenvalue weighted by Crippen LogP contribution is 2.28. The van der Waals surface area contributed by atoms with Crippen LogP contribution in [0.1, 0.15) is 6.92 Å². The van der Waals surface area contributed by atoms with Gasteiger partial charge in [-0.15, -0.1) is 10.2 Å². The van der Waals surface area contributed by atoms with Gasteiger partial charge < -0.3 is 15.1 Å². The van der Waals surface area contributed by atoms with E-state index < -0.39 is 0 Å². The van der Waals surface area contributed by atoms with Crippen molar-refractivity contribution in [3.63, 3.8) is 0 Å². The minimum absolute atomic E-state index is 0.0213. The van der Waals surface area contributed by atoms with E-state index in [1.807, 2.05) is 0 Å². The number of benzene rings is 1. The van der Waals surface area contributed by atoms with Crippen LogP contribution in [0, 0.1) is 5.82 Å². The van der Waals surface area contributed by atoms with Crippen LogP contribution < -0.4 is 5.32 Å². The van der Waals surface area contributed by atoms with E-state index in [1.54, 1.807) is 21.9 Å². The Kier molecular flexibility index (Phi) is 6.04. The van der Waals surface area contributed by atoms with Gasteiger partial charge in [-0.3, -0.25) is 9.59 Å². The van der Waals surface area contributed by atoms with E-state index >= 15 is 0 Å². The van der Waals surface area contributed by atoms with Crippen LogP contribution in [0.4, 0.5) is 15.2 Å². The third-order valence-electron chi connectivity index (χ3n) is 3.88. The van der Waals surface area contributed by atoms with Gasteiger partial charge >= 0.3 is 0 Å². The lowest BCUT2D eigenvalue weighted by Crippen LogP contribution is -2.50. The molecule has 0 aliphatic carbocycles. The van der Waals surface area contributed by atoms with Crippen molar-refractivity contribution in [1.29, 1.82) is 0 Å². The Hall–Kier alpha value is -2.20. The van der Waals surface area contributed by atoms with Gasteiger partial charge in [0.15, 0.2) is 4.34 Å². The first-order valence-corrected chi connectivity index (χ1v) is 9.83. The number of thioether (sulfide) groups is 1. The van der Waals surface area contributed by atoms with E-state index in [1.165, 1.54) is 42.2 Å². The maximum absolute atomic E-state index is 13.2. The van der Waals surface area contributed by atoms with Crippen molar-refractivity contribution in [3.05, 3.63) is 30.1 Å². The number of rotatable bonds is 5. The SMILES string of the molecule is CC(=O)N1CCN(C(=O)CSc2nnc(Nc3cccc(F)c3)s2)CC1. The Morgan fingerprint density at radius 3 is 2.65 bits per heavy atom. The second-order valence-electron chi connectivity index (χ2n) is 5.68. The molecule has 2 aromatic rings. The minimum Gasteiger partial charge on any atom is -0.339 e. The first kappa shape index (κ1) is 18.6. The topological polar surface area (TPSA) is 78.4 Å². The second-order valence-corrected chi connectivity index (χ2v) is 7.88. The van der Waals surface area contributed by atoms with Gasteiger partial charge in [0.25, 0.3) is 0 Å². The molecule has 0 unspecified atom stereocenters. The molecule has 1 fully saturated rings. The lowest BCUT2D eigenvalue weighted by Gasteiger charge is -2.34. The van der Waals surface area contributed by atoms with Crippen LogP contribution in [0.5, 0.6) is 0 Å². The standard InChI is InChI=1S/C16H18FN5O2S2/c1-11(23)21-5-7-22(8-6-21)14(24)10-25-16-20-19-15(26-16)18-13-4-2-3-12(17)9-13/h2-4,9H,5-8,10H2,1H3,(H,18,19). The average molecular weight is 395 g/mol. The van der Waals surface area contributed by atoms with Gasteiger partial charge in [0.1, 0.15) is 5.82 Å². The highest BCUT2D eigenvalue weighted by molar-refractivity contribution is 8.01. The highest BCUT2D eigenvalue weighted by Gasteiger charge is 2.22. The summed E-state index contributed by atoms with van der Waals surface area (Å²) in [5.41, 5.74) is 0.595. The number of amides is 2. The first-order chi connectivity index (χ1) is 12.5. The predicted molar refractivity (Wildman–Crippen MR) is 99.1 cm³/mol. The van der Waals surface area contributed by atoms with Crippen molar-refractivity contribution in [1.82, 2.24) is 20.0 Å². The van der Waals surface area contributed by atoms with E-state index in [0.29, 0.717) is 41.3 Å². The zero-order chi connectivity index (χ0) is 18.5. The largest absolute Gasteiger partial charge is 0.339 e. The van der Waals surface area contributed by atoms with E-state index in [9.17, 15) is 14.0 Å². The van der Waals surface area contributed by atoms with Crippen molar-refractivity contribution in [2.45, 2.75) is 11.3 Å². The number of carbonyl (C=O) groups excluding carboxylic acids is 2. The molecule has 2 amide bonds. The van der Waals surface area contributed by atoms with Gasteiger partial charge in [-0.25, -0.2) is 4.39 Å². The molecule has 0 spiro atoms. The van der Waals surface area contributed by atoms with Crippen molar-refractivity contribution in [2.24, 2.45) is 0 Å². The van der Waals surface area contributed by atoms with Gasteiger partial charge in [0, 0.05) is 38.8 Å². The molecule has 0 saturated carbocycles. The van der Waals surface area contributed by atoms with Gasteiger partial charge in [0.05, 0.1) is 5.75 Å². The molecular weight excluding hydrogens is 377 g/mol. The molecule has 0 bridgehead atoms. The van der Waals surface area contributed by atoms with Gasteiger partial charge in [-0.05, 0) is 18.2 Å². The third kappa shape index (κ3) is 4.92. The quantitative estimate of drug-likeness (QED) is 0.782. The average Bonchev–Trinajstić information content (AvgIpc) is 3.07. The van der Waals surface area contributed by atoms with Crippen molar-refractivity contribution in [2.75, 3.05) is 37.2 Å². The summed E-state index contributed by atoms with van der Waals surface area (Å²) in [6.45, 7) is 3.81. The Bertz CT molecular complexity index is 792. The summed E-state index contributed by atoms with van der Waals surface area (Å²) < 4.78 is 13.9. The molecule has 7 nitrogen and oxygen atoms in total. The number of hydrogen-bond acceptors (Lipinski definition) is 7. The van der Waals surface area contributed by atoms with Crippen LogP contribution in [-0.4, -0.2) is 63.7 Å². The molecule has 10 heteroatoms. The van der Waals surface area contributed by atoms with Crippen molar-refractivity contribution in [3.8, 4) is 0 Å². The summed E-state index contributed by atoms with van der Waals surface area (Å²) in [5.74, 6) is 0.00516. The van der Waals surface area contributed by atoms with Crippen LogP contribution >= 0.6 is 23.1 Å². The molecule has 0 radical (unpaired) electrons. The number of halogens is 1. The van der Waals surface area contributed by atoms with Gasteiger partial charge in [0.2, 0.25) is 16.9 Å². The highest BCUT2D eigenvalue weighted by atomic mass is 32.2. The lowest BCUT2D eigenvalue weighted by molar-refractivity contribution is -0.136. The molecule has 1 N–H and O–H groups in total. The zero-order valence-corrected chi connectivity index (χ0v) is 15.8. The van der Waals surface area contributed by atoms with Crippen LogP contribution in [0.15, 0.2) is 28.6 Å². The maximum Gasteiger partial charge on any atom is 0.233 e. The fraction of sp³-hybridized carbons (Fsp3) is 0.375. The number of aromatic nitrogens is 2. The number of carbonyl (C=O) groups is 2. The molecule has 1 aliphatic rings. The maximum atomic E-state index is 13.2. The Labute approximate surface area is 158 Å².